The molecule has 3 atom stereocenters. The lowest BCUT2D eigenvalue weighted by Gasteiger charge is -2.09. The number of benzene rings is 1. The number of unbranched alkanes of at least 4 members (excludes halogenated alkanes) is 8. The smallest absolute Gasteiger partial charge is 0.0636 e. The molecule has 0 aliphatic carbocycles. The van der Waals surface area contributed by atoms with Crippen molar-refractivity contribution >= 4 is 11.6 Å². The summed E-state index contributed by atoms with van der Waals surface area (Å²) in [6.07, 6.45) is 14.0. The van der Waals surface area contributed by atoms with E-state index in [2.05, 4.69) is 42.6 Å². The number of aliphatic hydroxyl groups excluding tert-OH is 2. The van der Waals surface area contributed by atoms with Gasteiger partial charge in [0, 0.05) is 18.5 Å². The van der Waals surface area contributed by atoms with Gasteiger partial charge >= 0.3 is 0 Å². The van der Waals surface area contributed by atoms with Gasteiger partial charge in [-0.15, -0.1) is 11.6 Å². The first-order valence-corrected chi connectivity index (χ1v) is 12.1. The Balaban J connectivity index is 0.000000734. The van der Waals surface area contributed by atoms with E-state index in [0.29, 0.717) is 18.5 Å². The van der Waals surface area contributed by atoms with E-state index in [1.807, 2.05) is 0 Å². The van der Waals surface area contributed by atoms with E-state index in [0.717, 1.165) is 12.8 Å². The summed E-state index contributed by atoms with van der Waals surface area (Å²) in [5, 5.41) is 20.6. The molecule has 0 aromatic heterocycles. The molecule has 0 heterocycles. The molecular formula is C25H46ClNO2. The third kappa shape index (κ3) is 21.9. The molecule has 0 fully saturated rings. The summed E-state index contributed by atoms with van der Waals surface area (Å²) in [5.74, 6) is 0. The zero-order chi connectivity index (χ0) is 21.7. The molecule has 0 spiro atoms. The van der Waals surface area contributed by atoms with Gasteiger partial charge in [0.1, 0.15) is 0 Å². The summed E-state index contributed by atoms with van der Waals surface area (Å²) in [5.41, 5.74) is 1.36. The van der Waals surface area contributed by atoms with Crippen molar-refractivity contribution in [2.45, 2.75) is 109 Å². The average molecular weight is 428 g/mol. The Kier molecular flexibility index (Phi) is 20.2. The minimum atomic E-state index is -0.330. The van der Waals surface area contributed by atoms with Crippen molar-refractivity contribution in [1.29, 1.82) is 0 Å². The molecule has 0 bridgehead atoms. The number of hydrogen-bond donors (Lipinski definition) is 3. The summed E-state index contributed by atoms with van der Waals surface area (Å²) in [7, 11) is 0. The van der Waals surface area contributed by atoms with Crippen molar-refractivity contribution in [3.63, 3.8) is 0 Å². The minimum absolute atomic E-state index is 0.307. The van der Waals surface area contributed by atoms with Crippen LogP contribution in [0.4, 0.5) is 0 Å². The zero-order valence-electron chi connectivity index (χ0n) is 19.1. The van der Waals surface area contributed by atoms with E-state index in [-0.39, 0.29) is 12.2 Å². The normalized spacial score (nSPS) is 14.0. The third-order valence-corrected chi connectivity index (χ3v) is 5.17. The molecule has 0 saturated carbocycles. The first-order chi connectivity index (χ1) is 14.0. The Hall–Kier alpha value is -0.610. The van der Waals surface area contributed by atoms with E-state index < -0.39 is 0 Å². The van der Waals surface area contributed by atoms with Gasteiger partial charge in [-0.2, -0.15) is 0 Å². The molecule has 29 heavy (non-hydrogen) atoms. The Labute approximate surface area is 185 Å². The van der Waals surface area contributed by atoms with Crippen LogP contribution in [-0.4, -0.2) is 40.9 Å². The second kappa shape index (κ2) is 20.7. The fourth-order valence-corrected chi connectivity index (χ4v) is 3.48. The number of alkyl halides is 1. The zero-order valence-corrected chi connectivity index (χ0v) is 19.8. The lowest BCUT2D eigenvalue weighted by molar-refractivity contribution is 0.164. The summed E-state index contributed by atoms with van der Waals surface area (Å²) in [6, 6.07) is 10.6. The topological polar surface area (TPSA) is 52.5 Å². The van der Waals surface area contributed by atoms with Gasteiger partial charge in [0.25, 0.3) is 0 Å². The molecule has 1 aromatic rings. The molecule has 3 unspecified atom stereocenters. The molecule has 0 saturated heterocycles. The van der Waals surface area contributed by atoms with E-state index in [1.54, 1.807) is 13.8 Å². The Bertz CT molecular complexity index is 432. The van der Waals surface area contributed by atoms with Crippen LogP contribution in [0.3, 0.4) is 0 Å². The number of rotatable bonds is 16. The van der Waals surface area contributed by atoms with Gasteiger partial charge in [-0.3, -0.25) is 0 Å². The molecule has 3 N–H and O–H groups in total. The predicted molar refractivity (Wildman–Crippen MR) is 128 cm³/mol. The van der Waals surface area contributed by atoms with Crippen LogP contribution in [0.5, 0.6) is 0 Å². The van der Waals surface area contributed by atoms with Crippen molar-refractivity contribution in [3.8, 4) is 0 Å². The van der Waals surface area contributed by atoms with Crippen molar-refractivity contribution in [2.75, 3.05) is 13.1 Å². The van der Waals surface area contributed by atoms with Crippen molar-refractivity contribution in [2.24, 2.45) is 0 Å². The average Bonchev–Trinajstić information content (AvgIpc) is 2.67. The maximum atomic E-state index is 8.72. The first kappa shape index (κ1) is 28.4. The van der Waals surface area contributed by atoms with Gasteiger partial charge in [0.15, 0.2) is 0 Å². The fourth-order valence-electron chi connectivity index (χ4n) is 3.15. The highest BCUT2D eigenvalue weighted by Crippen LogP contribution is 2.16. The van der Waals surface area contributed by atoms with Crippen molar-refractivity contribution in [1.82, 2.24) is 5.32 Å². The SMILES string of the molecule is CC(O)CNCC(C)O.CCCCCCCCCCCC(Cl)Cc1ccccc1. The van der Waals surface area contributed by atoms with Crippen LogP contribution in [0, 0.1) is 0 Å². The molecule has 0 aliphatic rings. The van der Waals surface area contributed by atoms with Gasteiger partial charge in [-0.1, -0.05) is 95.0 Å². The summed E-state index contributed by atoms with van der Waals surface area (Å²) in [6.45, 7) is 6.78. The molecule has 1 rings (SSSR count). The standard InChI is InChI=1S/C19H31Cl.C6H15NO2/c1-2-3-4-5-6-7-8-9-13-16-19(20)17-18-14-11-10-12-15-18;1-5(8)3-7-4-6(2)9/h10-12,14-15,19H,2-9,13,16-17H2,1H3;5-9H,3-4H2,1-2H3. The molecule has 3 nitrogen and oxygen atoms in total. The number of halogens is 1. The Morgan fingerprint density at radius 1 is 0.793 bits per heavy atom. The molecule has 170 valence electrons. The van der Waals surface area contributed by atoms with E-state index in [1.165, 1.54) is 63.4 Å². The molecule has 0 aliphatic heterocycles. The Morgan fingerprint density at radius 2 is 1.28 bits per heavy atom. The van der Waals surface area contributed by atoms with Gasteiger partial charge in [0.2, 0.25) is 0 Å². The summed E-state index contributed by atoms with van der Waals surface area (Å²) >= 11 is 6.41. The van der Waals surface area contributed by atoms with Crippen LogP contribution in [-0.2, 0) is 6.42 Å². The third-order valence-electron chi connectivity index (χ3n) is 4.80. The molecule has 0 radical (unpaired) electrons. The second-order valence-corrected chi connectivity index (χ2v) is 8.88. The molecular weight excluding hydrogens is 382 g/mol. The molecule has 1 aromatic carbocycles. The monoisotopic (exact) mass is 427 g/mol. The van der Waals surface area contributed by atoms with Gasteiger partial charge in [-0.25, -0.2) is 0 Å². The van der Waals surface area contributed by atoms with Crippen molar-refractivity contribution < 1.29 is 10.2 Å². The number of aliphatic hydroxyl groups is 2. The highest BCUT2D eigenvalue weighted by atomic mass is 35.5. The second-order valence-electron chi connectivity index (χ2n) is 8.26. The molecule has 4 heteroatoms. The van der Waals surface area contributed by atoms with E-state index in [9.17, 15) is 0 Å². The lowest BCUT2D eigenvalue weighted by atomic mass is 10.0. The van der Waals surface area contributed by atoms with Crippen LogP contribution < -0.4 is 5.32 Å². The largest absolute Gasteiger partial charge is 0.392 e. The van der Waals surface area contributed by atoms with E-state index >= 15 is 0 Å². The van der Waals surface area contributed by atoms with Crippen LogP contribution >= 0.6 is 11.6 Å². The van der Waals surface area contributed by atoms with Gasteiger partial charge in [-0.05, 0) is 32.3 Å². The maximum absolute atomic E-state index is 8.72. The summed E-state index contributed by atoms with van der Waals surface area (Å²) < 4.78 is 0. The fraction of sp³-hybridized carbons (Fsp3) is 0.760. The van der Waals surface area contributed by atoms with Crippen molar-refractivity contribution in [3.05, 3.63) is 35.9 Å². The number of hydrogen-bond acceptors (Lipinski definition) is 3. The highest BCUT2D eigenvalue weighted by molar-refractivity contribution is 6.20. The predicted octanol–water partition coefficient (Wildman–Crippen LogP) is 6.10. The number of nitrogens with one attached hydrogen (secondary N) is 1. The maximum Gasteiger partial charge on any atom is 0.0636 e. The van der Waals surface area contributed by atoms with Gasteiger partial charge in [0.05, 0.1) is 12.2 Å². The van der Waals surface area contributed by atoms with E-state index in [4.69, 9.17) is 21.8 Å². The van der Waals surface area contributed by atoms with Crippen LogP contribution in [0.2, 0.25) is 0 Å². The first-order valence-electron chi connectivity index (χ1n) is 11.7. The minimum Gasteiger partial charge on any atom is -0.392 e. The van der Waals surface area contributed by atoms with Crippen LogP contribution in [0.25, 0.3) is 0 Å². The highest BCUT2D eigenvalue weighted by Gasteiger charge is 2.05. The lowest BCUT2D eigenvalue weighted by Crippen LogP contribution is -2.30. The quantitative estimate of drug-likeness (QED) is 0.221. The molecule has 0 amide bonds. The van der Waals surface area contributed by atoms with Crippen LogP contribution in [0.1, 0.15) is 90.5 Å². The summed E-state index contributed by atoms with van der Waals surface area (Å²) in [4.78, 5) is 0. The Morgan fingerprint density at radius 3 is 1.76 bits per heavy atom. The van der Waals surface area contributed by atoms with Crippen LogP contribution in [0.15, 0.2) is 30.3 Å². The van der Waals surface area contributed by atoms with Gasteiger partial charge < -0.3 is 15.5 Å².